The van der Waals surface area contributed by atoms with Gasteiger partial charge in [0.1, 0.15) is 19.3 Å². The molecule has 0 aromatic carbocycles. The lowest BCUT2D eigenvalue weighted by atomic mass is 10.0. The Labute approximate surface area is 507 Å². The van der Waals surface area contributed by atoms with Crippen molar-refractivity contribution in [3.05, 3.63) is 97.2 Å². The summed E-state index contributed by atoms with van der Waals surface area (Å²) in [4.78, 5) is 40.1. The van der Waals surface area contributed by atoms with Crippen LogP contribution in [0.3, 0.4) is 0 Å². The molecule has 0 aliphatic heterocycles. The normalized spacial score (nSPS) is 14.2. The quantitative estimate of drug-likeness (QED) is 0.0212. The van der Waals surface area contributed by atoms with Gasteiger partial charge in [0, 0.05) is 12.8 Å². The molecule has 0 aromatic heterocycles. The summed E-state index contributed by atoms with van der Waals surface area (Å²) < 4.78 is 30.4. The minimum atomic E-state index is -4.71. The van der Waals surface area contributed by atoms with Gasteiger partial charge in [-0.3, -0.25) is 14.2 Å². The summed E-state index contributed by atoms with van der Waals surface area (Å²) in [5, 5.41) is 3.03. The van der Waals surface area contributed by atoms with Gasteiger partial charge in [0.05, 0.1) is 33.8 Å². The van der Waals surface area contributed by atoms with E-state index in [0.29, 0.717) is 23.9 Å². The first-order valence-electron chi connectivity index (χ1n) is 34.0. The third-order valence-electron chi connectivity index (χ3n) is 14.7. The van der Waals surface area contributed by atoms with Gasteiger partial charge < -0.3 is 28.5 Å². The molecule has 10 heteroatoms. The summed E-state index contributed by atoms with van der Waals surface area (Å²) in [6.07, 6.45) is 82.3. The van der Waals surface area contributed by atoms with E-state index in [1.807, 2.05) is 33.3 Å². The number of likely N-dealkylation sites (N-methyl/N-ethyl adjacent to an activating group) is 1. The van der Waals surface area contributed by atoms with Crippen LogP contribution in [0.15, 0.2) is 97.2 Å². The van der Waals surface area contributed by atoms with Gasteiger partial charge in [-0.2, -0.15) is 0 Å². The molecule has 0 aliphatic carbocycles. The van der Waals surface area contributed by atoms with Crippen molar-refractivity contribution in [2.45, 2.75) is 309 Å². The second-order valence-electron chi connectivity index (χ2n) is 23.9. The maximum atomic E-state index is 13.6. The maximum Gasteiger partial charge on any atom is 0.306 e. The molecule has 3 atom stereocenters. The Hall–Kier alpha value is -3.07. The number of quaternary nitrogens is 1. The number of phosphoric acid groups is 1. The molecule has 0 radical (unpaired) electrons. The predicted octanol–water partition coefficient (Wildman–Crippen LogP) is 20.9. The molecule has 0 spiro atoms. The lowest BCUT2D eigenvalue weighted by Crippen LogP contribution is -2.47. The van der Waals surface area contributed by atoms with Gasteiger partial charge in [-0.1, -0.05) is 272 Å². The Kier molecular flexibility index (Phi) is 58.7. The molecule has 0 aliphatic rings. The first-order valence-corrected chi connectivity index (χ1v) is 35.5. The summed E-state index contributed by atoms with van der Waals surface area (Å²) in [5.74, 6) is -0.562. The molecule has 3 unspecified atom stereocenters. The van der Waals surface area contributed by atoms with Gasteiger partial charge in [0.25, 0.3) is 7.82 Å². The van der Waals surface area contributed by atoms with Crippen LogP contribution in [-0.4, -0.2) is 69.4 Å². The topological polar surface area (TPSA) is 114 Å². The molecule has 0 rings (SSSR count). The van der Waals surface area contributed by atoms with E-state index in [0.717, 1.165) is 109 Å². The Balaban J connectivity index is 5.17. The molecule has 1 N–H and O–H groups in total. The van der Waals surface area contributed by atoms with Crippen molar-refractivity contribution in [3.8, 4) is 0 Å². The molecule has 0 heterocycles. The van der Waals surface area contributed by atoms with E-state index < -0.39 is 26.6 Å². The molecule has 0 aromatic rings. The third-order valence-corrected chi connectivity index (χ3v) is 15.7. The minimum absolute atomic E-state index is 0.0302. The Morgan fingerprint density at radius 1 is 0.439 bits per heavy atom. The van der Waals surface area contributed by atoms with E-state index in [1.54, 1.807) is 0 Å². The lowest BCUT2D eigenvalue weighted by molar-refractivity contribution is -0.870. The number of nitrogens with one attached hydrogen (secondary N) is 1. The van der Waals surface area contributed by atoms with E-state index in [-0.39, 0.29) is 24.9 Å². The highest BCUT2D eigenvalue weighted by Crippen LogP contribution is 2.38. The monoisotopic (exact) mass is 1160 g/mol. The molecule has 0 fully saturated rings. The van der Waals surface area contributed by atoms with Crippen molar-refractivity contribution >= 4 is 19.7 Å². The zero-order chi connectivity index (χ0) is 60.0. The number of nitrogens with zero attached hydrogens (tertiary/aromatic N) is 1. The highest BCUT2D eigenvalue weighted by atomic mass is 31.2. The van der Waals surface area contributed by atoms with Gasteiger partial charge in [0.2, 0.25) is 5.91 Å². The molecular weight excluding hydrogens is 1040 g/mol. The SMILES string of the molecule is CC/C=C\C/C=C\C/C=C\C/C=C\C/C=C\CCCCCCCC(=O)NC(COP(=O)([O-])OCC[N+](C)(C)C)C(/C=C/CCCCCCCCCCCC)OC(=O)CCCCCCCCCCCCCCC/C=C\C/C=C\CCCCC. The average Bonchev–Trinajstić information content (AvgIpc) is 3.44. The summed E-state index contributed by atoms with van der Waals surface area (Å²) in [6.45, 7) is 6.70. The molecule has 0 saturated heterocycles. The van der Waals surface area contributed by atoms with Crippen molar-refractivity contribution < 1.29 is 37.3 Å². The Morgan fingerprint density at radius 2 is 0.780 bits per heavy atom. The van der Waals surface area contributed by atoms with Crippen LogP contribution in [-0.2, 0) is 27.9 Å². The van der Waals surface area contributed by atoms with Gasteiger partial charge in [-0.05, 0) is 109 Å². The van der Waals surface area contributed by atoms with E-state index >= 15 is 0 Å². The van der Waals surface area contributed by atoms with Crippen LogP contribution in [0.25, 0.3) is 0 Å². The van der Waals surface area contributed by atoms with Crippen LogP contribution >= 0.6 is 7.82 Å². The first-order chi connectivity index (χ1) is 39.9. The van der Waals surface area contributed by atoms with Crippen molar-refractivity contribution in [1.82, 2.24) is 5.32 Å². The van der Waals surface area contributed by atoms with Crippen molar-refractivity contribution in [2.75, 3.05) is 40.9 Å². The standard InChI is InChI=1S/C72H129N2O7P/c1-7-10-13-16-19-22-25-28-30-32-34-36-37-39-41-43-45-47-50-53-56-59-62-65-72(76)81-70(63-60-57-54-51-48-27-24-21-18-15-12-9-3)69(68-80-82(77,78)79-67-66-74(4,5)6)73-71(75)64-61-58-55-52-49-46-44-42-40-38-35-33-31-29-26-23-20-17-14-11-8-2/h11,14,19-20,22-23,28-31,35,38,42,44,60,63,69-70H,7-10,12-13,15-18,21,24-27,32-34,36-37,39-41,43,45-59,61-62,64-68H2,1-6H3,(H-,73,75,77,78)/b14-11-,22-19-,23-20-,30-28-,31-29-,38-35-,44-42-,63-60+. The molecule has 0 saturated carbocycles. The van der Waals surface area contributed by atoms with Crippen LogP contribution < -0.4 is 10.2 Å². The second-order valence-corrected chi connectivity index (χ2v) is 25.4. The lowest BCUT2D eigenvalue weighted by Gasteiger charge is -2.30. The van der Waals surface area contributed by atoms with Gasteiger partial charge >= 0.3 is 5.97 Å². The van der Waals surface area contributed by atoms with Gasteiger partial charge in [-0.25, -0.2) is 0 Å². The fourth-order valence-corrected chi connectivity index (χ4v) is 10.2. The smallest absolute Gasteiger partial charge is 0.306 e. The van der Waals surface area contributed by atoms with E-state index in [2.05, 4.69) is 111 Å². The molecule has 9 nitrogen and oxygen atoms in total. The second kappa shape index (κ2) is 61.0. The zero-order valence-corrected chi connectivity index (χ0v) is 55.1. The average molecular weight is 1170 g/mol. The number of phosphoric ester groups is 1. The Bertz CT molecular complexity index is 1720. The highest BCUT2D eigenvalue weighted by Gasteiger charge is 2.27. The van der Waals surface area contributed by atoms with Crippen molar-refractivity contribution in [3.63, 3.8) is 0 Å². The van der Waals surface area contributed by atoms with Crippen LogP contribution in [0, 0.1) is 0 Å². The number of allylic oxidation sites excluding steroid dienone is 15. The summed E-state index contributed by atoms with van der Waals surface area (Å²) in [6, 6.07) is -0.905. The molecular formula is C72H129N2O7P. The number of unbranched alkanes of at least 4 members (excludes halogenated alkanes) is 31. The third kappa shape index (κ3) is 61.5. The van der Waals surface area contributed by atoms with Crippen LogP contribution in [0.5, 0.6) is 0 Å². The van der Waals surface area contributed by atoms with Gasteiger partial charge in [-0.15, -0.1) is 0 Å². The molecule has 82 heavy (non-hydrogen) atoms. The van der Waals surface area contributed by atoms with Crippen LogP contribution in [0.1, 0.15) is 297 Å². The zero-order valence-electron chi connectivity index (χ0n) is 54.2. The van der Waals surface area contributed by atoms with E-state index in [9.17, 15) is 19.0 Å². The number of ether oxygens (including phenoxy) is 1. The largest absolute Gasteiger partial charge is 0.756 e. The van der Waals surface area contributed by atoms with Gasteiger partial charge in [0.15, 0.2) is 0 Å². The fourth-order valence-electron chi connectivity index (χ4n) is 9.52. The fraction of sp³-hybridized carbons (Fsp3) is 0.750. The number of carbonyl (C=O) groups excluding carboxylic acids is 2. The van der Waals surface area contributed by atoms with Crippen molar-refractivity contribution in [2.24, 2.45) is 0 Å². The number of carbonyl (C=O) groups is 2. The van der Waals surface area contributed by atoms with Crippen molar-refractivity contribution in [1.29, 1.82) is 0 Å². The summed E-state index contributed by atoms with van der Waals surface area (Å²) in [5.41, 5.74) is 0. The number of amides is 1. The number of esters is 1. The number of hydrogen-bond acceptors (Lipinski definition) is 7. The van der Waals surface area contributed by atoms with Crippen LogP contribution in [0.2, 0.25) is 0 Å². The highest BCUT2D eigenvalue weighted by molar-refractivity contribution is 7.45. The number of rotatable bonds is 61. The maximum absolute atomic E-state index is 13.6. The molecule has 0 bridgehead atoms. The molecule has 1 amide bonds. The minimum Gasteiger partial charge on any atom is -0.756 e. The Morgan fingerprint density at radius 3 is 1.20 bits per heavy atom. The number of hydrogen-bond donors (Lipinski definition) is 1. The summed E-state index contributed by atoms with van der Waals surface area (Å²) >= 11 is 0. The molecule has 474 valence electrons. The van der Waals surface area contributed by atoms with E-state index in [1.165, 1.54) is 148 Å². The first kappa shape index (κ1) is 78.9. The summed E-state index contributed by atoms with van der Waals surface area (Å²) in [7, 11) is 1.16. The van der Waals surface area contributed by atoms with E-state index in [4.69, 9.17) is 13.8 Å². The predicted molar refractivity (Wildman–Crippen MR) is 353 cm³/mol. The van der Waals surface area contributed by atoms with Crippen LogP contribution in [0.4, 0.5) is 0 Å².